The summed E-state index contributed by atoms with van der Waals surface area (Å²) in [5.74, 6) is -0.378. The van der Waals surface area contributed by atoms with Gasteiger partial charge in [-0.25, -0.2) is 4.79 Å². The number of esters is 1. The topological polar surface area (TPSA) is 35.5 Å². The van der Waals surface area contributed by atoms with Crippen LogP contribution in [0, 0.1) is 0 Å². The zero-order valence-electron chi connectivity index (χ0n) is 13.0. The molecule has 5 heteroatoms. The Balaban J connectivity index is 3.09. The van der Waals surface area contributed by atoms with Gasteiger partial charge in [0.25, 0.3) is 0 Å². The van der Waals surface area contributed by atoms with E-state index in [0.29, 0.717) is 5.02 Å². The Labute approximate surface area is 127 Å². The fourth-order valence-corrected chi connectivity index (χ4v) is 2.77. The third-order valence-electron chi connectivity index (χ3n) is 3.81. The van der Waals surface area contributed by atoms with Gasteiger partial charge in [0, 0.05) is 5.02 Å². The molecule has 0 bridgehead atoms. The lowest BCUT2D eigenvalue weighted by Crippen LogP contribution is -2.43. The summed E-state index contributed by atoms with van der Waals surface area (Å²) in [4.78, 5) is 12.0. The molecular weight excluding hydrogens is 292 g/mol. The monoisotopic (exact) mass is 314 g/mol. The molecule has 0 N–H and O–H groups in total. The van der Waals surface area contributed by atoms with Gasteiger partial charge in [-0.3, -0.25) is 0 Å². The number of rotatable bonds is 4. The second-order valence-corrected chi connectivity index (χ2v) is 11.5. The maximum absolute atomic E-state index is 12.0. The van der Waals surface area contributed by atoms with Crippen molar-refractivity contribution < 1.29 is 14.0 Å². The molecule has 0 amide bonds. The van der Waals surface area contributed by atoms with E-state index < -0.39 is 14.4 Å². The molecule has 0 aliphatic carbocycles. The summed E-state index contributed by atoms with van der Waals surface area (Å²) in [6, 6.07) is 7.11. The minimum absolute atomic E-state index is 0.0195. The Kier molecular flexibility index (Phi) is 5.41. The Hall–Kier alpha value is -0.843. The van der Waals surface area contributed by atoms with Crippen molar-refractivity contribution in [2.24, 2.45) is 0 Å². The first-order chi connectivity index (χ1) is 9.08. The van der Waals surface area contributed by atoms with Crippen LogP contribution in [0.5, 0.6) is 0 Å². The number of carbonyl (C=O) groups is 1. The summed E-state index contributed by atoms with van der Waals surface area (Å²) in [5, 5.41) is 0.649. The highest BCUT2D eigenvalue weighted by Crippen LogP contribution is 2.40. The van der Waals surface area contributed by atoms with Gasteiger partial charge in [-0.15, -0.1) is 0 Å². The molecule has 0 fully saturated rings. The highest BCUT2D eigenvalue weighted by atomic mass is 35.5. The maximum atomic E-state index is 12.0. The van der Waals surface area contributed by atoms with Crippen LogP contribution in [0.2, 0.25) is 23.2 Å². The lowest BCUT2D eigenvalue weighted by molar-refractivity contribution is -0.149. The summed E-state index contributed by atoms with van der Waals surface area (Å²) in [7, 11) is -0.702. The van der Waals surface area contributed by atoms with Crippen LogP contribution >= 0.6 is 11.6 Å². The van der Waals surface area contributed by atoms with Gasteiger partial charge in [0.15, 0.2) is 14.4 Å². The standard InChI is InChI=1S/C15H23ClO3Si/c1-15(2,3)20(5,6)19-13(14(17)18-4)11-7-9-12(16)10-8-11/h7-10,13H,1-6H3/t13-/m0/s1. The van der Waals surface area contributed by atoms with Gasteiger partial charge < -0.3 is 9.16 Å². The average molecular weight is 315 g/mol. The van der Waals surface area contributed by atoms with E-state index in [2.05, 4.69) is 33.9 Å². The number of benzene rings is 1. The fraction of sp³-hybridized carbons (Fsp3) is 0.533. The quantitative estimate of drug-likeness (QED) is 0.603. The van der Waals surface area contributed by atoms with Gasteiger partial charge in [-0.1, -0.05) is 44.5 Å². The second-order valence-electron chi connectivity index (χ2n) is 6.33. The number of carbonyl (C=O) groups excluding carboxylic acids is 1. The number of hydrogen-bond acceptors (Lipinski definition) is 3. The molecule has 0 saturated heterocycles. The Bertz CT molecular complexity index is 463. The summed E-state index contributed by atoms with van der Waals surface area (Å²) in [6.07, 6.45) is -0.696. The van der Waals surface area contributed by atoms with E-state index in [-0.39, 0.29) is 11.0 Å². The largest absolute Gasteiger partial charge is 0.467 e. The molecule has 1 rings (SSSR count). The van der Waals surface area contributed by atoms with Gasteiger partial charge in [0.05, 0.1) is 7.11 Å². The van der Waals surface area contributed by atoms with Crippen molar-refractivity contribution in [1.82, 2.24) is 0 Å². The molecule has 0 spiro atoms. The van der Waals surface area contributed by atoms with E-state index in [1.54, 1.807) is 24.3 Å². The normalized spacial score (nSPS) is 13.9. The molecule has 1 aromatic rings. The summed E-state index contributed by atoms with van der Waals surface area (Å²) in [6.45, 7) is 10.6. The minimum Gasteiger partial charge on any atom is -0.467 e. The highest BCUT2D eigenvalue weighted by Gasteiger charge is 2.41. The van der Waals surface area contributed by atoms with Crippen LogP contribution in [0.1, 0.15) is 32.4 Å². The smallest absolute Gasteiger partial charge is 0.338 e. The number of hydrogen-bond donors (Lipinski definition) is 0. The third-order valence-corrected chi connectivity index (χ3v) is 8.50. The number of halogens is 1. The van der Waals surface area contributed by atoms with E-state index in [9.17, 15) is 4.79 Å². The van der Waals surface area contributed by atoms with Crippen molar-refractivity contribution in [2.75, 3.05) is 7.11 Å². The molecule has 1 aromatic carbocycles. The predicted molar refractivity (Wildman–Crippen MR) is 84.5 cm³/mol. The Morgan fingerprint density at radius 3 is 2.10 bits per heavy atom. The molecule has 0 heterocycles. The van der Waals surface area contributed by atoms with E-state index in [1.165, 1.54) is 7.11 Å². The number of methoxy groups -OCH3 is 1. The van der Waals surface area contributed by atoms with E-state index in [4.69, 9.17) is 20.8 Å². The van der Waals surface area contributed by atoms with Crippen LogP contribution in [-0.2, 0) is 14.0 Å². The van der Waals surface area contributed by atoms with Crippen molar-refractivity contribution in [3.05, 3.63) is 34.9 Å². The number of ether oxygens (including phenoxy) is 1. The molecule has 0 saturated carbocycles. The molecule has 0 radical (unpaired) electrons. The lowest BCUT2D eigenvalue weighted by Gasteiger charge is -2.38. The Morgan fingerprint density at radius 2 is 1.70 bits per heavy atom. The summed E-state index contributed by atoms with van der Waals surface area (Å²) < 4.78 is 11.1. The van der Waals surface area contributed by atoms with Crippen molar-refractivity contribution in [1.29, 1.82) is 0 Å². The Morgan fingerprint density at radius 1 is 1.20 bits per heavy atom. The average Bonchev–Trinajstić information content (AvgIpc) is 2.35. The third kappa shape index (κ3) is 4.07. The summed E-state index contributed by atoms with van der Waals surface area (Å²) in [5.41, 5.74) is 0.770. The SMILES string of the molecule is COC(=O)[C@@H](O[Si](C)(C)C(C)(C)C)c1ccc(Cl)cc1. The first kappa shape index (κ1) is 17.2. The molecule has 0 aromatic heterocycles. The van der Waals surface area contributed by atoms with Crippen LogP contribution in [-0.4, -0.2) is 21.4 Å². The first-order valence-electron chi connectivity index (χ1n) is 6.59. The van der Waals surface area contributed by atoms with Crippen LogP contribution < -0.4 is 0 Å². The lowest BCUT2D eigenvalue weighted by atomic mass is 10.1. The van der Waals surface area contributed by atoms with Gasteiger partial charge in [-0.05, 0) is 35.8 Å². The molecule has 1 atom stereocenters. The molecule has 0 unspecified atom stereocenters. The van der Waals surface area contributed by atoms with Gasteiger partial charge in [0.1, 0.15) is 0 Å². The minimum atomic E-state index is -2.08. The fourth-order valence-electron chi connectivity index (χ4n) is 1.47. The zero-order chi connectivity index (χ0) is 15.6. The van der Waals surface area contributed by atoms with Crippen molar-refractivity contribution in [3.8, 4) is 0 Å². The molecule has 3 nitrogen and oxygen atoms in total. The maximum Gasteiger partial charge on any atom is 0.338 e. The van der Waals surface area contributed by atoms with E-state index in [0.717, 1.165) is 5.56 Å². The summed E-state index contributed by atoms with van der Waals surface area (Å²) >= 11 is 5.89. The molecule has 0 aliphatic rings. The molecule has 20 heavy (non-hydrogen) atoms. The molecular formula is C15H23ClO3Si. The second kappa shape index (κ2) is 6.29. The highest BCUT2D eigenvalue weighted by molar-refractivity contribution is 6.74. The first-order valence-corrected chi connectivity index (χ1v) is 9.88. The van der Waals surface area contributed by atoms with Gasteiger partial charge >= 0.3 is 5.97 Å². The van der Waals surface area contributed by atoms with E-state index >= 15 is 0 Å². The molecule has 0 aliphatic heterocycles. The van der Waals surface area contributed by atoms with Crippen LogP contribution in [0.4, 0.5) is 0 Å². The van der Waals surface area contributed by atoms with Crippen LogP contribution in [0.15, 0.2) is 24.3 Å². The van der Waals surface area contributed by atoms with Gasteiger partial charge in [0.2, 0.25) is 0 Å². The van der Waals surface area contributed by atoms with Gasteiger partial charge in [-0.2, -0.15) is 0 Å². The zero-order valence-corrected chi connectivity index (χ0v) is 14.7. The van der Waals surface area contributed by atoms with Crippen molar-refractivity contribution in [2.45, 2.75) is 45.0 Å². The van der Waals surface area contributed by atoms with E-state index in [1.807, 2.05) is 0 Å². The van der Waals surface area contributed by atoms with Crippen molar-refractivity contribution in [3.63, 3.8) is 0 Å². The van der Waals surface area contributed by atoms with Crippen LogP contribution in [0.25, 0.3) is 0 Å². The van der Waals surface area contributed by atoms with Crippen LogP contribution in [0.3, 0.4) is 0 Å². The molecule has 112 valence electrons. The predicted octanol–water partition coefficient (Wildman–Crippen LogP) is 4.58. The van der Waals surface area contributed by atoms with Crippen molar-refractivity contribution >= 4 is 25.9 Å².